The number of carbonyl (C=O) groups excluding carboxylic acids is 3. The number of hydroxylamine groups is 1. The molecule has 3 aliphatic rings. The summed E-state index contributed by atoms with van der Waals surface area (Å²) in [6.07, 6.45) is 3.15. The van der Waals surface area contributed by atoms with Gasteiger partial charge in [0.25, 0.3) is 11.8 Å². The molecule has 92 valence electrons. The molecule has 1 spiro atoms. The maximum absolute atomic E-state index is 11.9. The monoisotopic (exact) mass is 239 g/mol. The van der Waals surface area contributed by atoms with Crippen molar-refractivity contribution in [3.8, 4) is 0 Å². The van der Waals surface area contributed by atoms with E-state index >= 15 is 0 Å². The summed E-state index contributed by atoms with van der Waals surface area (Å²) in [5.41, 5.74) is -0.906. The molecule has 0 bridgehead atoms. The SMILES string of the molecule is O=C1CCON1N1C(=O)NC(=O)C12CCCC2. The van der Waals surface area contributed by atoms with Crippen molar-refractivity contribution in [3.05, 3.63) is 0 Å². The highest BCUT2D eigenvalue weighted by atomic mass is 16.7. The first kappa shape index (κ1) is 10.5. The average Bonchev–Trinajstić information content (AvgIpc) is 2.94. The predicted octanol–water partition coefficient (Wildman–Crippen LogP) is -0.0701. The fourth-order valence-electron chi connectivity index (χ4n) is 2.77. The summed E-state index contributed by atoms with van der Waals surface area (Å²) >= 11 is 0. The largest absolute Gasteiger partial charge is 0.345 e. The van der Waals surface area contributed by atoms with E-state index in [0.29, 0.717) is 12.8 Å². The van der Waals surface area contributed by atoms with Crippen molar-refractivity contribution in [2.24, 2.45) is 0 Å². The number of rotatable bonds is 1. The van der Waals surface area contributed by atoms with Gasteiger partial charge in [0, 0.05) is 0 Å². The molecule has 0 unspecified atom stereocenters. The molecule has 1 aliphatic carbocycles. The third-order valence-corrected chi connectivity index (χ3v) is 3.60. The van der Waals surface area contributed by atoms with Crippen molar-refractivity contribution in [3.63, 3.8) is 0 Å². The minimum atomic E-state index is -0.906. The number of carbonyl (C=O) groups is 3. The fraction of sp³-hybridized carbons (Fsp3) is 0.700. The molecular weight excluding hydrogens is 226 g/mol. The Bertz CT molecular complexity index is 402. The van der Waals surface area contributed by atoms with Gasteiger partial charge in [-0.15, -0.1) is 5.17 Å². The van der Waals surface area contributed by atoms with E-state index in [4.69, 9.17) is 4.84 Å². The van der Waals surface area contributed by atoms with Crippen molar-refractivity contribution in [1.29, 1.82) is 0 Å². The summed E-state index contributed by atoms with van der Waals surface area (Å²) in [7, 11) is 0. The Labute approximate surface area is 97.6 Å². The maximum atomic E-state index is 11.9. The molecule has 7 nitrogen and oxygen atoms in total. The highest BCUT2D eigenvalue weighted by molar-refractivity contribution is 6.07. The van der Waals surface area contributed by atoms with Crippen LogP contribution in [0.4, 0.5) is 4.79 Å². The Kier molecular flexibility index (Phi) is 2.12. The summed E-state index contributed by atoms with van der Waals surface area (Å²) in [6.45, 7) is 0.257. The molecule has 0 aromatic heterocycles. The number of urea groups is 1. The van der Waals surface area contributed by atoms with Crippen LogP contribution >= 0.6 is 0 Å². The lowest BCUT2D eigenvalue weighted by atomic mass is 9.98. The van der Waals surface area contributed by atoms with Gasteiger partial charge >= 0.3 is 6.03 Å². The van der Waals surface area contributed by atoms with Gasteiger partial charge < -0.3 is 0 Å². The summed E-state index contributed by atoms with van der Waals surface area (Å²) in [5.74, 6) is -0.593. The molecule has 0 atom stereocenters. The third kappa shape index (κ3) is 1.28. The Balaban J connectivity index is 1.97. The smallest absolute Gasteiger partial charge is 0.274 e. The molecule has 1 saturated carbocycles. The van der Waals surface area contributed by atoms with Crippen molar-refractivity contribution in [2.45, 2.75) is 37.6 Å². The summed E-state index contributed by atoms with van der Waals surface area (Å²) in [5, 5.41) is 4.41. The van der Waals surface area contributed by atoms with E-state index in [1.165, 1.54) is 5.01 Å². The van der Waals surface area contributed by atoms with Gasteiger partial charge in [-0.3, -0.25) is 19.7 Å². The van der Waals surface area contributed by atoms with Crippen LogP contribution in [0.25, 0.3) is 0 Å². The Hall–Kier alpha value is -1.63. The minimum Gasteiger partial charge on any atom is -0.274 e. The first-order chi connectivity index (χ1) is 8.15. The summed E-state index contributed by atoms with van der Waals surface area (Å²) < 4.78 is 0. The molecule has 0 aromatic rings. The predicted molar refractivity (Wildman–Crippen MR) is 54.0 cm³/mol. The Morgan fingerprint density at radius 1 is 1.18 bits per heavy atom. The van der Waals surface area contributed by atoms with E-state index in [0.717, 1.165) is 18.0 Å². The van der Waals surface area contributed by atoms with Crippen molar-refractivity contribution >= 4 is 17.8 Å². The second kappa shape index (κ2) is 3.43. The van der Waals surface area contributed by atoms with Gasteiger partial charge in [-0.25, -0.2) is 4.79 Å². The molecule has 4 amide bonds. The van der Waals surface area contributed by atoms with E-state index in [2.05, 4.69) is 5.32 Å². The van der Waals surface area contributed by atoms with E-state index in [-0.39, 0.29) is 24.8 Å². The molecule has 1 N–H and O–H groups in total. The van der Waals surface area contributed by atoms with Crippen LogP contribution < -0.4 is 5.32 Å². The van der Waals surface area contributed by atoms with Crippen LogP contribution in [0.3, 0.4) is 0 Å². The van der Waals surface area contributed by atoms with Gasteiger partial charge in [0.15, 0.2) is 0 Å². The van der Waals surface area contributed by atoms with Crippen LogP contribution in [-0.4, -0.2) is 40.2 Å². The zero-order valence-electron chi connectivity index (χ0n) is 9.27. The summed E-state index contributed by atoms with van der Waals surface area (Å²) in [6, 6.07) is -0.563. The van der Waals surface area contributed by atoms with Gasteiger partial charge in [0.2, 0.25) is 0 Å². The average molecular weight is 239 g/mol. The topological polar surface area (TPSA) is 79.0 Å². The number of imide groups is 1. The standard InChI is InChI=1S/C10H13N3O4/c14-7-3-6-17-13(7)12-9(16)11-8(15)10(12)4-1-2-5-10/h1-6H2,(H,11,15,16). The Morgan fingerprint density at radius 2 is 1.88 bits per heavy atom. The van der Waals surface area contributed by atoms with E-state index in [9.17, 15) is 14.4 Å². The van der Waals surface area contributed by atoms with Gasteiger partial charge in [-0.1, -0.05) is 12.8 Å². The molecule has 2 saturated heterocycles. The lowest BCUT2D eigenvalue weighted by Crippen LogP contribution is -2.56. The molecular formula is C10H13N3O4. The molecule has 3 fully saturated rings. The van der Waals surface area contributed by atoms with Gasteiger partial charge in [0.1, 0.15) is 5.54 Å². The normalized spacial score (nSPS) is 27.4. The van der Waals surface area contributed by atoms with Crippen LogP contribution in [-0.2, 0) is 14.4 Å². The molecule has 17 heavy (non-hydrogen) atoms. The van der Waals surface area contributed by atoms with E-state index in [1.54, 1.807) is 0 Å². The second-order valence-corrected chi connectivity index (χ2v) is 4.56. The van der Waals surface area contributed by atoms with Crippen LogP contribution in [0.2, 0.25) is 0 Å². The lowest BCUT2D eigenvalue weighted by Gasteiger charge is -2.35. The van der Waals surface area contributed by atoms with Crippen molar-refractivity contribution < 1.29 is 19.2 Å². The number of nitrogens with one attached hydrogen (secondary N) is 1. The van der Waals surface area contributed by atoms with Crippen LogP contribution in [0.1, 0.15) is 32.1 Å². The van der Waals surface area contributed by atoms with E-state index < -0.39 is 11.6 Å². The minimum absolute atomic E-state index is 0.244. The molecule has 0 aromatic carbocycles. The number of hydrazine groups is 1. The first-order valence-corrected chi connectivity index (χ1v) is 5.77. The number of amides is 4. The molecule has 3 rings (SSSR count). The third-order valence-electron chi connectivity index (χ3n) is 3.60. The number of hydrogen-bond acceptors (Lipinski definition) is 4. The lowest BCUT2D eigenvalue weighted by molar-refractivity contribution is -0.241. The highest BCUT2D eigenvalue weighted by Crippen LogP contribution is 2.40. The van der Waals surface area contributed by atoms with E-state index in [1.807, 2.05) is 0 Å². The first-order valence-electron chi connectivity index (χ1n) is 5.77. The molecule has 0 radical (unpaired) electrons. The number of nitrogens with zero attached hydrogens (tertiary/aromatic N) is 2. The quantitative estimate of drug-likeness (QED) is 0.650. The Morgan fingerprint density at radius 3 is 2.47 bits per heavy atom. The van der Waals surface area contributed by atoms with Gasteiger partial charge in [0.05, 0.1) is 13.0 Å². The summed E-state index contributed by atoms with van der Waals surface area (Å²) in [4.78, 5) is 40.5. The molecule has 2 heterocycles. The van der Waals surface area contributed by atoms with Crippen LogP contribution in [0.15, 0.2) is 0 Å². The fourth-order valence-corrected chi connectivity index (χ4v) is 2.77. The number of hydrogen-bond donors (Lipinski definition) is 1. The molecule has 2 aliphatic heterocycles. The van der Waals surface area contributed by atoms with Gasteiger partial charge in [-0.05, 0) is 12.8 Å². The van der Waals surface area contributed by atoms with Crippen molar-refractivity contribution in [1.82, 2.24) is 15.5 Å². The zero-order valence-corrected chi connectivity index (χ0v) is 9.27. The maximum Gasteiger partial charge on any atom is 0.345 e. The molecule has 7 heteroatoms. The highest BCUT2D eigenvalue weighted by Gasteiger charge is 2.58. The second-order valence-electron chi connectivity index (χ2n) is 4.56. The van der Waals surface area contributed by atoms with Gasteiger partial charge in [-0.2, -0.15) is 5.01 Å². The van der Waals surface area contributed by atoms with Crippen LogP contribution in [0, 0.1) is 0 Å². The van der Waals surface area contributed by atoms with Crippen molar-refractivity contribution in [2.75, 3.05) is 6.61 Å². The zero-order chi connectivity index (χ0) is 12.0. The van der Waals surface area contributed by atoms with Crippen LogP contribution in [0.5, 0.6) is 0 Å².